The third-order valence-electron chi connectivity index (χ3n) is 2.89. The first-order valence-electron chi connectivity index (χ1n) is 6.16. The first-order valence-corrected chi connectivity index (χ1v) is 6.16. The zero-order chi connectivity index (χ0) is 15.6. The summed E-state index contributed by atoms with van der Waals surface area (Å²) in [6.45, 7) is 5.31. The van der Waals surface area contributed by atoms with Crippen LogP contribution in [-0.2, 0) is 5.41 Å². The van der Waals surface area contributed by atoms with Gasteiger partial charge in [0, 0.05) is 0 Å². The molecule has 0 saturated heterocycles. The maximum absolute atomic E-state index is 12.6. The van der Waals surface area contributed by atoms with E-state index in [1.807, 2.05) is 26.8 Å². The second-order valence-corrected chi connectivity index (χ2v) is 5.64. The van der Waals surface area contributed by atoms with Crippen molar-refractivity contribution in [2.75, 3.05) is 6.61 Å². The number of ether oxygens (including phenoxy) is 1. The normalized spacial score (nSPS) is 13.9. The van der Waals surface area contributed by atoms with E-state index in [0.717, 1.165) is 5.56 Å². The van der Waals surface area contributed by atoms with Gasteiger partial charge in [-0.1, -0.05) is 32.9 Å². The van der Waals surface area contributed by atoms with Crippen LogP contribution in [0.4, 0.5) is 13.2 Å². The number of halogens is 3. The largest absolute Gasteiger partial charge is 0.492 e. The Bertz CT molecular complexity index is 478. The fourth-order valence-corrected chi connectivity index (χ4v) is 1.59. The molecule has 112 valence electrons. The van der Waals surface area contributed by atoms with Gasteiger partial charge in [-0.2, -0.15) is 13.2 Å². The van der Waals surface area contributed by atoms with E-state index < -0.39 is 24.5 Å². The average molecular weight is 288 g/mol. The quantitative estimate of drug-likeness (QED) is 0.658. The van der Waals surface area contributed by atoms with Gasteiger partial charge in [0.25, 0.3) is 0 Å². The molecule has 1 aromatic rings. The molecule has 0 spiro atoms. The van der Waals surface area contributed by atoms with E-state index in [9.17, 15) is 13.2 Å². The predicted molar refractivity (Wildman–Crippen MR) is 72.1 cm³/mol. The van der Waals surface area contributed by atoms with Gasteiger partial charge in [0.05, 0.1) is 0 Å². The van der Waals surface area contributed by atoms with E-state index in [1.54, 1.807) is 18.2 Å². The molecule has 3 nitrogen and oxygen atoms in total. The third kappa shape index (κ3) is 4.43. The number of hydrogen-bond acceptors (Lipinski definition) is 2. The Kier molecular flexibility index (Phi) is 4.68. The molecule has 0 aliphatic heterocycles. The third-order valence-corrected chi connectivity index (χ3v) is 2.89. The zero-order valence-electron chi connectivity index (χ0n) is 11.7. The van der Waals surface area contributed by atoms with Crippen molar-refractivity contribution in [2.45, 2.75) is 32.4 Å². The average Bonchev–Trinajstić information content (AvgIpc) is 2.26. The molecule has 0 fully saturated rings. The number of hydrogen-bond donors (Lipinski definition) is 2. The molecule has 0 saturated carbocycles. The van der Waals surface area contributed by atoms with Crippen LogP contribution in [0.3, 0.4) is 0 Å². The molecule has 0 radical (unpaired) electrons. The van der Waals surface area contributed by atoms with Gasteiger partial charge in [0.15, 0.2) is 0 Å². The summed E-state index contributed by atoms with van der Waals surface area (Å²) in [4.78, 5) is 0. The molecule has 0 aliphatic carbocycles. The number of amidine groups is 1. The first-order chi connectivity index (χ1) is 9.01. The molecule has 0 bridgehead atoms. The molecule has 6 heteroatoms. The van der Waals surface area contributed by atoms with Gasteiger partial charge in [-0.25, -0.2) is 0 Å². The Morgan fingerprint density at radius 3 is 2.35 bits per heavy atom. The molecule has 20 heavy (non-hydrogen) atoms. The highest BCUT2D eigenvalue weighted by atomic mass is 19.4. The summed E-state index contributed by atoms with van der Waals surface area (Å²) in [6, 6.07) is 6.90. The fraction of sp³-hybridized carbons (Fsp3) is 0.500. The summed E-state index contributed by atoms with van der Waals surface area (Å²) in [5.74, 6) is -2.68. The molecule has 1 atom stereocenters. The highest BCUT2D eigenvalue weighted by Gasteiger charge is 2.42. The Morgan fingerprint density at radius 2 is 1.90 bits per heavy atom. The van der Waals surface area contributed by atoms with Crippen molar-refractivity contribution in [3.8, 4) is 5.75 Å². The van der Waals surface area contributed by atoms with Crippen molar-refractivity contribution in [1.29, 1.82) is 5.41 Å². The number of alkyl halides is 3. The van der Waals surface area contributed by atoms with Crippen LogP contribution in [0.2, 0.25) is 0 Å². The van der Waals surface area contributed by atoms with Crippen molar-refractivity contribution >= 4 is 5.84 Å². The fourth-order valence-electron chi connectivity index (χ4n) is 1.59. The van der Waals surface area contributed by atoms with E-state index in [-0.39, 0.29) is 5.41 Å². The van der Waals surface area contributed by atoms with Crippen LogP contribution in [0.25, 0.3) is 0 Å². The van der Waals surface area contributed by atoms with Crippen molar-refractivity contribution in [3.63, 3.8) is 0 Å². The van der Waals surface area contributed by atoms with Crippen LogP contribution in [0.5, 0.6) is 5.75 Å². The summed E-state index contributed by atoms with van der Waals surface area (Å²) in [7, 11) is 0. The lowest BCUT2D eigenvalue weighted by Gasteiger charge is -2.22. The highest BCUT2D eigenvalue weighted by molar-refractivity contribution is 5.80. The van der Waals surface area contributed by atoms with Crippen LogP contribution < -0.4 is 10.5 Å². The molecule has 0 heterocycles. The van der Waals surface area contributed by atoms with Crippen molar-refractivity contribution in [2.24, 2.45) is 11.7 Å². The van der Waals surface area contributed by atoms with E-state index in [1.165, 1.54) is 0 Å². The number of nitrogens with two attached hydrogens (primary N) is 1. The SMILES string of the molecule is CC(C)(C)c1cccc(OCC(C(=N)N)C(F)(F)F)c1. The Hall–Kier alpha value is -1.72. The van der Waals surface area contributed by atoms with Gasteiger partial charge in [0.1, 0.15) is 24.1 Å². The number of rotatable bonds is 4. The summed E-state index contributed by atoms with van der Waals surface area (Å²) < 4.78 is 43.1. The van der Waals surface area contributed by atoms with Crippen molar-refractivity contribution < 1.29 is 17.9 Å². The van der Waals surface area contributed by atoms with Gasteiger partial charge < -0.3 is 10.5 Å². The van der Waals surface area contributed by atoms with E-state index >= 15 is 0 Å². The molecule has 1 aromatic carbocycles. The highest BCUT2D eigenvalue weighted by Crippen LogP contribution is 2.29. The van der Waals surface area contributed by atoms with Crippen LogP contribution in [-0.4, -0.2) is 18.6 Å². The summed E-state index contributed by atoms with van der Waals surface area (Å²) in [5.41, 5.74) is 5.81. The van der Waals surface area contributed by atoms with E-state index in [0.29, 0.717) is 5.75 Å². The zero-order valence-corrected chi connectivity index (χ0v) is 11.7. The summed E-state index contributed by atoms with van der Waals surface area (Å²) in [5, 5.41) is 6.99. The second-order valence-electron chi connectivity index (χ2n) is 5.64. The van der Waals surface area contributed by atoms with Crippen molar-refractivity contribution in [3.05, 3.63) is 29.8 Å². The molecule has 3 N–H and O–H groups in total. The molecule has 0 aromatic heterocycles. The molecule has 0 aliphatic rings. The smallest absolute Gasteiger partial charge is 0.401 e. The van der Waals surface area contributed by atoms with Gasteiger partial charge in [-0.15, -0.1) is 0 Å². The number of nitrogens with one attached hydrogen (secondary N) is 1. The van der Waals surface area contributed by atoms with Crippen LogP contribution in [0, 0.1) is 11.3 Å². The molecular weight excluding hydrogens is 269 g/mol. The van der Waals surface area contributed by atoms with Gasteiger partial charge in [0.2, 0.25) is 0 Å². The monoisotopic (exact) mass is 288 g/mol. The lowest BCUT2D eigenvalue weighted by Crippen LogP contribution is -2.39. The lowest BCUT2D eigenvalue weighted by molar-refractivity contribution is -0.162. The topological polar surface area (TPSA) is 59.1 Å². The molecule has 1 unspecified atom stereocenters. The lowest BCUT2D eigenvalue weighted by atomic mass is 9.87. The van der Waals surface area contributed by atoms with Crippen molar-refractivity contribution in [1.82, 2.24) is 0 Å². The maximum atomic E-state index is 12.6. The first kappa shape index (κ1) is 16.3. The minimum absolute atomic E-state index is 0.122. The van der Waals surface area contributed by atoms with Gasteiger partial charge in [-0.05, 0) is 23.1 Å². The Labute approximate surface area is 116 Å². The predicted octanol–water partition coefficient (Wildman–Crippen LogP) is 3.48. The Balaban J connectivity index is 2.82. The standard InChI is InChI=1S/C14H19F3N2O/c1-13(2,3)9-5-4-6-10(7-9)20-8-11(12(18)19)14(15,16)17/h4-7,11H,8H2,1-3H3,(H3,18,19). The summed E-state index contributed by atoms with van der Waals surface area (Å²) in [6.07, 6.45) is -4.58. The van der Waals surface area contributed by atoms with Gasteiger partial charge >= 0.3 is 6.18 Å². The Morgan fingerprint density at radius 1 is 1.30 bits per heavy atom. The minimum Gasteiger partial charge on any atom is -0.492 e. The van der Waals surface area contributed by atoms with E-state index in [2.05, 4.69) is 0 Å². The minimum atomic E-state index is -4.58. The van der Waals surface area contributed by atoms with Crippen LogP contribution >= 0.6 is 0 Å². The maximum Gasteiger partial charge on any atom is 0.401 e. The van der Waals surface area contributed by atoms with Crippen LogP contribution in [0.15, 0.2) is 24.3 Å². The molecule has 1 rings (SSSR count). The second kappa shape index (κ2) is 5.73. The molecule has 0 amide bonds. The molecular formula is C14H19F3N2O. The van der Waals surface area contributed by atoms with Gasteiger partial charge in [-0.3, -0.25) is 5.41 Å². The summed E-state index contributed by atoms with van der Waals surface area (Å²) >= 11 is 0. The number of benzene rings is 1. The van der Waals surface area contributed by atoms with E-state index in [4.69, 9.17) is 15.9 Å². The van der Waals surface area contributed by atoms with Crippen LogP contribution in [0.1, 0.15) is 26.3 Å².